The Bertz CT molecular complexity index is 1020. The molecule has 1 amide bonds. The molecule has 2 N–H and O–H groups in total. The Labute approximate surface area is 157 Å². The lowest BCUT2D eigenvalue weighted by molar-refractivity contribution is 0.0708. The van der Waals surface area contributed by atoms with Crippen molar-refractivity contribution in [2.24, 2.45) is 10.8 Å². The van der Waals surface area contributed by atoms with Crippen LogP contribution in [0.4, 0.5) is 0 Å². The van der Waals surface area contributed by atoms with E-state index < -0.39 is 0 Å². The van der Waals surface area contributed by atoms with E-state index in [9.17, 15) is 4.79 Å². The molecule has 27 heavy (non-hydrogen) atoms. The molecule has 0 radical (unpaired) electrons. The number of H-pyrrole nitrogens is 2. The molecular weight excluding hydrogens is 340 g/mol. The van der Waals surface area contributed by atoms with Gasteiger partial charge in [-0.15, -0.1) is 10.2 Å². The molecule has 2 atom stereocenters. The van der Waals surface area contributed by atoms with Gasteiger partial charge in [-0.25, -0.2) is 0 Å². The fourth-order valence-electron chi connectivity index (χ4n) is 5.58. The van der Waals surface area contributed by atoms with Crippen LogP contribution in [0.15, 0.2) is 24.4 Å². The molecule has 1 saturated heterocycles. The summed E-state index contributed by atoms with van der Waals surface area (Å²) >= 11 is 0. The van der Waals surface area contributed by atoms with Gasteiger partial charge in [-0.3, -0.25) is 4.79 Å². The number of carbonyl (C=O) groups excluding carboxylic acids is 1. The van der Waals surface area contributed by atoms with E-state index in [1.807, 2.05) is 24.4 Å². The predicted molar refractivity (Wildman–Crippen MR) is 102 cm³/mol. The highest BCUT2D eigenvalue weighted by molar-refractivity contribution is 6.01. The molecule has 2 fully saturated rings. The number of carbonyl (C=O) groups is 1. The van der Waals surface area contributed by atoms with Crippen LogP contribution < -0.4 is 0 Å². The number of likely N-dealkylation sites (tertiary alicyclic amines) is 1. The van der Waals surface area contributed by atoms with E-state index in [1.165, 1.54) is 6.42 Å². The third-order valence-corrected chi connectivity index (χ3v) is 6.19. The monoisotopic (exact) mass is 364 g/mol. The number of benzene rings is 1. The topological polar surface area (TPSA) is 90.6 Å². The van der Waals surface area contributed by atoms with E-state index in [1.54, 1.807) is 0 Å². The van der Waals surface area contributed by atoms with Crippen molar-refractivity contribution in [1.29, 1.82) is 0 Å². The molecule has 2 unspecified atom stereocenters. The fourth-order valence-corrected chi connectivity index (χ4v) is 5.58. The van der Waals surface area contributed by atoms with E-state index in [2.05, 4.69) is 51.3 Å². The summed E-state index contributed by atoms with van der Waals surface area (Å²) in [6, 6.07) is 6.17. The number of hydrogen-bond acceptors (Lipinski definition) is 4. The zero-order valence-electron chi connectivity index (χ0n) is 15.9. The molecule has 0 spiro atoms. The van der Waals surface area contributed by atoms with Crippen LogP contribution in [-0.4, -0.2) is 49.0 Å². The first-order chi connectivity index (χ1) is 12.8. The molecular formula is C20H24N6O. The van der Waals surface area contributed by atoms with Crippen LogP contribution in [0.25, 0.3) is 22.3 Å². The van der Waals surface area contributed by atoms with Gasteiger partial charge in [0.2, 0.25) is 5.82 Å². The first-order valence-electron chi connectivity index (χ1n) is 9.50. The second-order valence-corrected chi connectivity index (χ2v) is 9.34. The van der Waals surface area contributed by atoms with Crippen LogP contribution in [0.3, 0.4) is 0 Å². The number of aromatic amines is 2. The van der Waals surface area contributed by atoms with Crippen molar-refractivity contribution in [2.45, 2.75) is 46.1 Å². The summed E-state index contributed by atoms with van der Waals surface area (Å²) in [4.78, 5) is 18.6. The highest BCUT2D eigenvalue weighted by Gasteiger charge is 2.51. The maximum absolute atomic E-state index is 13.3. The van der Waals surface area contributed by atoms with Gasteiger partial charge < -0.3 is 9.88 Å². The summed E-state index contributed by atoms with van der Waals surface area (Å²) in [6.45, 7) is 7.85. The predicted octanol–water partition coefficient (Wildman–Crippen LogP) is 3.39. The van der Waals surface area contributed by atoms with Crippen molar-refractivity contribution >= 4 is 16.8 Å². The number of tetrazole rings is 1. The smallest absolute Gasteiger partial charge is 0.254 e. The Hall–Kier alpha value is -2.70. The van der Waals surface area contributed by atoms with Crippen LogP contribution in [-0.2, 0) is 0 Å². The minimum Gasteiger partial charge on any atom is -0.360 e. The summed E-state index contributed by atoms with van der Waals surface area (Å²) in [5.74, 6) is 0.683. The maximum atomic E-state index is 13.3. The van der Waals surface area contributed by atoms with Crippen molar-refractivity contribution in [3.05, 3.63) is 30.0 Å². The zero-order valence-corrected chi connectivity index (χ0v) is 15.9. The van der Waals surface area contributed by atoms with Gasteiger partial charge in [-0.1, -0.05) is 26.8 Å². The van der Waals surface area contributed by atoms with E-state index in [0.29, 0.717) is 17.3 Å². The van der Waals surface area contributed by atoms with Gasteiger partial charge in [0.05, 0.1) is 0 Å². The molecule has 5 rings (SSSR count). The van der Waals surface area contributed by atoms with E-state index in [0.717, 1.165) is 41.4 Å². The van der Waals surface area contributed by atoms with Crippen LogP contribution in [0.1, 0.15) is 50.4 Å². The number of hydrogen-bond donors (Lipinski definition) is 2. The SMILES string of the molecule is CC1(C)CC2CC(C)(CN2C(=O)c2ccc3c(-c4nn[nH]n4)c[nH]c3c2)C1. The van der Waals surface area contributed by atoms with Crippen LogP contribution in [0.2, 0.25) is 0 Å². The van der Waals surface area contributed by atoms with Gasteiger partial charge >= 0.3 is 0 Å². The second kappa shape index (κ2) is 5.41. The maximum Gasteiger partial charge on any atom is 0.254 e. The lowest BCUT2D eigenvalue weighted by Crippen LogP contribution is -2.37. The Morgan fingerprint density at radius 2 is 2.11 bits per heavy atom. The molecule has 2 bridgehead atoms. The largest absolute Gasteiger partial charge is 0.360 e. The number of nitrogens with zero attached hydrogens (tertiary/aromatic N) is 4. The first-order valence-corrected chi connectivity index (χ1v) is 9.50. The molecule has 1 aromatic carbocycles. The van der Waals surface area contributed by atoms with Crippen LogP contribution >= 0.6 is 0 Å². The normalized spacial score (nSPS) is 26.6. The van der Waals surface area contributed by atoms with Gasteiger partial charge in [-0.05, 0) is 47.4 Å². The lowest BCUT2D eigenvalue weighted by atomic mass is 9.65. The van der Waals surface area contributed by atoms with E-state index >= 15 is 0 Å². The molecule has 2 aliphatic rings. The number of amides is 1. The molecule has 140 valence electrons. The average molecular weight is 364 g/mol. The Morgan fingerprint density at radius 1 is 1.26 bits per heavy atom. The molecule has 7 heteroatoms. The molecule has 3 aromatic rings. The van der Waals surface area contributed by atoms with Crippen molar-refractivity contribution in [3.8, 4) is 11.4 Å². The zero-order chi connectivity index (χ0) is 18.8. The first kappa shape index (κ1) is 16.5. The van der Waals surface area contributed by atoms with Crippen molar-refractivity contribution in [2.75, 3.05) is 6.54 Å². The van der Waals surface area contributed by atoms with Crippen LogP contribution in [0.5, 0.6) is 0 Å². The lowest BCUT2D eigenvalue weighted by Gasteiger charge is -2.39. The highest BCUT2D eigenvalue weighted by atomic mass is 16.2. The van der Waals surface area contributed by atoms with Crippen LogP contribution in [0, 0.1) is 10.8 Å². The summed E-state index contributed by atoms with van der Waals surface area (Å²) in [5.41, 5.74) is 3.07. The van der Waals surface area contributed by atoms with Gasteiger partial charge in [0, 0.05) is 40.8 Å². The van der Waals surface area contributed by atoms with Gasteiger partial charge in [-0.2, -0.15) is 5.21 Å². The number of rotatable bonds is 2. The van der Waals surface area contributed by atoms with E-state index in [-0.39, 0.29) is 11.3 Å². The average Bonchev–Trinajstić information content (AvgIpc) is 3.29. The number of aromatic nitrogens is 5. The molecule has 1 saturated carbocycles. The summed E-state index contributed by atoms with van der Waals surface area (Å²) < 4.78 is 0. The second-order valence-electron chi connectivity index (χ2n) is 9.34. The molecule has 2 aromatic heterocycles. The Morgan fingerprint density at radius 3 is 2.89 bits per heavy atom. The van der Waals surface area contributed by atoms with Gasteiger partial charge in [0.25, 0.3) is 5.91 Å². The quantitative estimate of drug-likeness (QED) is 0.729. The van der Waals surface area contributed by atoms with E-state index in [4.69, 9.17) is 0 Å². The van der Waals surface area contributed by atoms with Gasteiger partial charge in [0.15, 0.2) is 0 Å². The minimum atomic E-state index is 0.138. The fraction of sp³-hybridized carbons (Fsp3) is 0.500. The summed E-state index contributed by atoms with van der Waals surface area (Å²) in [6.07, 6.45) is 5.25. The third-order valence-electron chi connectivity index (χ3n) is 6.19. The Kier molecular flexibility index (Phi) is 3.30. The number of nitrogens with one attached hydrogen (secondary N) is 2. The molecule has 7 nitrogen and oxygen atoms in total. The third kappa shape index (κ3) is 2.64. The minimum absolute atomic E-state index is 0.138. The standard InChI is InChI=1S/C20H24N6O/c1-19(2)7-13-8-20(3,10-19)11-26(13)18(27)12-4-5-14-15(9-21-16(14)6-12)17-22-24-25-23-17/h4-6,9,13,21H,7-8,10-11H2,1-3H3,(H,22,23,24,25). The van der Waals surface area contributed by atoms with Gasteiger partial charge in [0.1, 0.15) is 0 Å². The summed E-state index contributed by atoms with van der Waals surface area (Å²) in [5, 5.41) is 15.2. The molecule has 3 heterocycles. The number of fused-ring (bicyclic) bond motifs is 3. The molecule has 1 aliphatic carbocycles. The highest BCUT2D eigenvalue weighted by Crippen LogP contribution is 2.52. The van der Waals surface area contributed by atoms with Crippen molar-refractivity contribution in [1.82, 2.24) is 30.5 Å². The van der Waals surface area contributed by atoms with Crippen molar-refractivity contribution in [3.63, 3.8) is 0 Å². The Balaban J connectivity index is 1.47. The molecule has 1 aliphatic heterocycles. The summed E-state index contributed by atoms with van der Waals surface area (Å²) in [7, 11) is 0. The van der Waals surface area contributed by atoms with Crippen molar-refractivity contribution < 1.29 is 4.79 Å².